The Labute approximate surface area is 194 Å². The van der Waals surface area contributed by atoms with Crippen molar-refractivity contribution in [2.24, 2.45) is 0 Å². The zero-order chi connectivity index (χ0) is 22.1. The Morgan fingerprint density at radius 3 is 2.56 bits per heavy atom. The minimum Gasteiger partial charge on any atom is -0.292 e. The third-order valence-corrected chi connectivity index (χ3v) is 7.92. The van der Waals surface area contributed by atoms with E-state index in [1.165, 1.54) is 23.3 Å². The fourth-order valence-electron chi connectivity index (χ4n) is 5.51. The van der Waals surface area contributed by atoms with E-state index < -0.39 is 0 Å². The molecule has 0 N–H and O–H groups in total. The third kappa shape index (κ3) is 3.86. The highest BCUT2D eigenvalue weighted by atomic mass is 32.2. The summed E-state index contributed by atoms with van der Waals surface area (Å²) in [7, 11) is 0. The molecule has 0 bridgehead atoms. The highest BCUT2D eigenvalue weighted by molar-refractivity contribution is 7.99. The van der Waals surface area contributed by atoms with E-state index in [0.29, 0.717) is 6.54 Å². The van der Waals surface area contributed by atoms with Crippen molar-refractivity contribution in [2.75, 3.05) is 5.75 Å². The molecule has 5 rings (SSSR count). The van der Waals surface area contributed by atoms with Gasteiger partial charge >= 0.3 is 0 Å². The van der Waals surface area contributed by atoms with Crippen LogP contribution in [0.5, 0.6) is 0 Å². The van der Waals surface area contributed by atoms with Crippen molar-refractivity contribution >= 4 is 11.8 Å². The largest absolute Gasteiger partial charge is 0.292 e. The predicted molar refractivity (Wildman–Crippen MR) is 133 cm³/mol. The fraction of sp³-hybridized carbons (Fsp3) is 0.357. The van der Waals surface area contributed by atoms with Crippen molar-refractivity contribution in [1.82, 2.24) is 9.55 Å². The minimum absolute atomic E-state index is 0.0537. The van der Waals surface area contributed by atoms with Crippen LogP contribution in [-0.2, 0) is 24.8 Å². The van der Waals surface area contributed by atoms with Crippen LogP contribution in [0.4, 0.5) is 0 Å². The van der Waals surface area contributed by atoms with E-state index in [0.717, 1.165) is 59.7 Å². The number of thioether (sulfide) groups is 1. The molecule has 1 fully saturated rings. The zero-order valence-corrected chi connectivity index (χ0v) is 19.6. The molecule has 3 nitrogen and oxygen atoms in total. The summed E-state index contributed by atoms with van der Waals surface area (Å²) in [5.41, 5.74) is 5.50. The van der Waals surface area contributed by atoms with Gasteiger partial charge in [-0.1, -0.05) is 67.5 Å². The predicted octanol–water partition coefficient (Wildman–Crippen LogP) is 6.19. The monoisotopic (exact) mass is 442 g/mol. The maximum Gasteiger partial charge on any atom is 0.258 e. The smallest absolute Gasteiger partial charge is 0.258 e. The quantitative estimate of drug-likeness (QED) is 0.337. The fourth-order valence-corrected chi connectivity index (χ4v) is 6.38. The van der Waals surface area contributed by atoms with Crippen molar-refractivity contribution in [3.63, 3.8) is 0 Å². The number of allylic oxidation sites excluding steroid dienone is 1. The van der Waals surface area contributed by atoms with E-state index in [1.54, 1.807) is 0 Å². The van der Waals surface area contributed by atoms with Gasteiger partial charge in [0.2, 0.25) is 0 Å². The van der Waals surface area contributed by atoms with Gasteiger partial charge in [-0.3, -0.25) is 9.36 Å². The van der Waals surface area contributed by atoms with E-state index in [4.69, 9.17) is 4.98 Å². The molecule has 1 heterocycles. The Morgan fingerprint density at radius 1 is 1.09 bits per heavy atom. The Hall–Kier alpha value is -2.59. The highest BCUT2D eigenvalue weighted by Crippen LogP contribution is 2.49. The Balaban J connectivity index is 1.61. The summed E-state index contributed by atoms with van der Waals surface area (Å²) in [5.74, 6) is 1.77. The van der Waals surface area contributed by atoms with Crippen LogP contribution in [0.15, 0.2) is 76.4 Å². The Bertz CT molecular complexity index is 1210. The molecule has 1 aromatic heterocycles. The van der Waals surface area contributed by atoms with Crippen molar-refractivity contribution in [3.8, 4) is 11.3 Å². The summed E-state index contributed by atoms with van der Waals surface area (Å²) in [5, 5.41) is 0. The summed E-state index contributed by atoms with van der Waals surface area (Å²) in [4.78, 5) is 20.5. The van der Waals surface area contributed by atoms with Gasteiger partial charge in [0.1, 0.15) is 5.82 Å². The highest BCUT2D eigenvalue weighted by Gasteiger charge is 2.44. The van der Waals surface area contributed by atoms with Crippen LogP contribution in [0.2, 0.25) is 0 Å². The standard InChI is InChI=1S/C28H30N2OS/c1-20(2)19-30-24(14-17-32-22-11-4-3-5-12-22)29-26-23-13-7-6-10-21(23)18-28(15-8-9-16-28)25(26)27(30)31/h3-7,10-13H,1,8-9,14-19H2,2H3. The van der Waals surface area contributed by atoms with Crippen LogP contribution in [0.1, 0.15) is 49.6 Å². The first-order valence-corrected chi connectivity index (χ1v) is 12.6. The van der Waals surface area contributed by atoms with E-state index >= 15 is 0 Å². The van der Waals surface area contributed by atoms with Gasteiger partial charge in [-0.25, -0.2) is 4.98 Å². The maximum atomic E-state index is 14.0. The van der Waals surface area contributed by atoms with Crippen LogP contribution in [0.25, 0.3) is 11.3 Å². The molecule has 0 unspecified atom stereocenters. The number of benzene rings is 2. The van der Waals surface area contributed by atoms with Gasteiger partial charge in [-0.15, -0.1) is 11.8 Å². The van der Waals surface area contributed by atoms with Gasteiger partial charge in [-0.2, -0.15) is 0 Å². The molecule has 32 heavy (non-hydrogen) atoms. The van der Waals surface area contributed by atoms with Gasteiger partial charge < -0.3 is 0 Å². The number of nitrogens with zero attached hydrogens (tertiary/aromatic N) is 2. The number of hydrogen-bond donors (Lipinski definition) is 0. The van der Waals surface area contributed by atoms with Crippen LogP contribution in [0.3, 0.4) is 0 Å². The van der Waals surface area contributed by atoms with Crippen LogP contribution in [-0.4, -0.2) is 15.3 Å². The van der Waals surface area contributed by atoms with Gasteiger partial charge in [0.25, 0.3) is 5.56 Å². The number of aryl methyl sites for hydroxylation is 1. The minimum atomic E-state index is -0.0537. The lowest BCUT2D eigenvalue weighted by Crippen LogP contribution is -2.41. The van der Waals surface area contributed by atoms with Crippen molar-refractivity contribution < 1.29 is 0 Å². The lowest BCUT2D eigenvalue weighted by Gasteiger charge is -2.36. The molecule has 0 aliphatic heterocycles. The molecule has 2 aromatic carbocycles. The number of fused-ring (bicyclic) bond motifs is 4. The molecular weight excluding hydrogens is 412 g/mol. The van der Waals surface area contributed by atoms with Crippen LogP contribution >= 0.6 is 11.8 Å². The van der Waals surface area contributed by atoms with Crippen LogP contribution in [0, 0.1) is 0 Å². The van der Waals surface area contributed by atoms with Crippen molar-refractivity contribution in [3.05, 3.63) is 94.1 Å². The lowest BCUT2D eigenvalue weighted by atomic mass is 9.68. The van der Waals surface area contributed by atoms with Crippen molar-refractivity contribution in [2.45, 2.75) is 62.3 Å². The Kier molecular flexibility index (Phi) is 5.81. The van der Waals surface area contributed by atoms with Gasteiger partial charge in [0.05, 0.1) is 11.3 Å². The summed E-state index contributed by atoms with van der Waals surface area (Å²) >= 11 is 1.81. The molecule has 4 heteroatoms. The summed E-state index contributed by atoms with van der Waals surface area (Å²) < 4.78 is 1.92. The average Bonchev–Trinajstić information content (AvgIpc) is 3.25. The average molecular weight is 443 g/mol. The third-order valence-electron chi connectivity index (χ3n) is 6.91. The number of rotatable bonds is 6. The maximum absolute atomic E-state index is 14.0. The first kappa shape index (κ1) is 21.3. The second-order valence-corrected chi connectivity index (χ2v) is 10.5. The molecule has 2 aliphatic rings. The first-order valence-electron chi connectivity index (χ1n) is 11.6. The SMILES string of the molecule is C=C(C)Cn1c(CCSc2ccccc2)nc2c(c1=O)C1(CCCC1)Cc1ccccc1-2. The second-order valence-electron chi connectivity index (χ2n) is 9.33. The molecule has 2 aliphatic carbocycles. The molecule has 0 amide bonds. The molecular formula is C28H30N2OS. The summed E-state index contributed by atoms with van der Waals surface area (Å²) in [6, 6.07) is 19.0. The molecule has 164 valence electrons. The normalized spacial score (nSPS) is 16.0. The molecule has 1 spiro atoms. The number of hydrogen-bond acceptors (Lipinski definition) is 3. The molecule has 0 atom stereocenters. The second kappa shape index (κ2) is 8.74. The van der Waals surface area contributed by atoms with Gasteiger partial charge in [0, 0.05) is 34.6 Å². The first-order chi connectivity index (χ1) is 15.6. The van der Waals surface area contributed by atoms with Crippen LogP contribution < -0.4 is 5.56 Å². The molecule has 1 saturated carbocycles. The van der Waals surface area contributed by atoms with E-state index in [2.05, 4.69) is 55.1 Å². The zero-order valence-electron chi connectivity index (χ0n) is 18.8. The Morgan fingerprint density at radius 2 is 1.81 bits per heavy atom. The van der Waals surface area contributed by atoms with E-state index in [-0.39, 0.29) is 11.0 Å². The number of aromatic nitrogens is 2. The lowest BCUT2D eigenvalue weighted by molar-refractivity contribution is 0.420. The van der Waals surface area contributed by atoms with E-state index in [1.807, 2.05) is 29.3 Å². The molecule has 0 saturated heterocycles. The van der Waals surface area contributed by atoms with Gasteiger partial charge in [0.15, 0.2) is 0 Å². The van der Waals surface area contributed by atoms with Crippen molar-refractivity contribution in [1.29, 1.82) is 0 Å². The topological polar surface area (TPSA) is 34.9 Å². The van der Waals surface area contributed by atoms with E-state index in [9.17, 15) is 4.79 Å². The molecule has 0 radical (unpaired) electrons. The molecule has 3 aromatic rings. The summed E-state index contributed by atoms with van der Waals surface area (Å²) in [6.07, 6.45) is 6.27. The van der Waals surface area contributed by atoms with Gasteiger partial charge in [-0.05, 0) is 43.9 Å². The summed E-state index contributed by atoms with van der Waals surface area (Å²) in [6.45, 7) is 6.64.